The van der Waals surface area contributed by atoms with Crippen molar-refractivity contribution in [3.63, 3.8) is 0 Å². The topological polar surface area (TPSA) is 59.1 Å². The molecule has 0 bridgehead atoms. The van der Waals surface area contributed by atoms with Gasteiger partial charge < -0.3 is 15.4 Å². The first-order chi connectivity index (χ1) is 7.17. The SMILES string of the molecule is CNc1ncc(Br)c(NCC(C)OC)n1. The van der Waals surface area contributed by atoms with Crippen molar-refractivity contribution in [2.45, 2.75) is 13.0 Å². The summed E-state index contributed by atoms with van der Waals surface area (Å²) >= 11 is 3.38. The van der Waals surface area contributed by atoms with Crippen LogP contribution in [0.4, 0.5) is 11.8 Å². The van der Waals surface area contributed by atoms with Gasteiger partial charge in [0, 0.05) is 26.9 Å². The van der Waals surface area contributed by atoms with Crippen LogP contribution in [0.5, 0.6) is 0 Å². The van der Waals surface area contributed by atoms with Crippen LogP contribution in [-0.2, 0) is 4.74 Å². The number of aromatic nitrogens is 2. The fourth-order valence-electron chi connectivity index (χ4n) is 0.935. The summed E-state index contributed by atoms with van der Waals surface area (Å²) in [6.07, 6.45) is 1.85. The molecule has 0 aromatic carbocycles. The molecule has 6 heteroatoms. The lowest BCUT2D eigenvalue weighted by molar-refractivity contribution is 0.128. The van der Waals surface area contributed by atoms with E-state index >= 15 is 0 Å². The molecule has 1 atom stereocenters. The molecule has 1 heterocycles. The minimum atomic E-state index is 0.143. The summed E-state index contributed by atoms with van der Waals surface area (Å²) in [5.41, 5.74) is 0. The fourth-order valence-corrected chi connectivity index (χ4v) is 1.27. The van der Waals surface area contributed by atoms with Gasteiger partial charge in [0.1, 0.15) is 5.82 Å². The molecule has 0 aliphatic carbocycles. The quantitative estimate of drug-likeness (QED) is 0.857. The van der Waals surface area contributed by atoms with Crippen LogP contribution in [0.25, 0.3) is 0 Å². The van der Waals surface area contributed by atoms with Crippen LogP contribution < -0.4 is 10.6 Å². The van der Waals surface area contributed by atoms with E-state index in [2.05, 4.69) is 36.5 Å². The molecule has 1 unspecified atom stereocenters. The summed E-state index contributed by atoms with van der Waals surface area (Å²) < 4.78 is 5.97. The number of hydrogen-bond donors (Lipinski definition) is 2. The summed E-state index contributed by atoms with van der Waals surface area (Å²) in [5, 5.41) is 6.06. The maximum absolute atomic E-state index is 5.13. The summed E-state index contributed by atoms with van der Waals surface area (Å²) in [4.78, 5) is 8.33. The van der Waals surface area contributed by atoms with E-state index in [9.17, 15) is 0 Å². The number of nitrogens with one attached hydrogen (secondary N) is 2. The average molecular weight is 275 g/mol. The van der Waals surface area contributed by atoms with Crippen LogP contribution in [0.1, 0.15) is 6.92 Å². The van der Waals surface area contributed by atoms with E-state index in [0.29, 0.717) is 12.5 Å². The van der Waals surface area contributed by atoms with E-state index in [1.54, 1.807) is 20.4 Å². The highest BCUT2D eigenvalue weighted by atomic mass is 79.9. The average Bonchev–Trinajstić information content (AvgIpc) is 2.27. The van der Waals surface area contributed by atoms with E-state index in [1.165, 1.54) is 0 Å². The Balaban J connectivity index is 2.66. The van der Waals surface area contributed by atoms with Gasteiger partial charge in [-0.15, -0.1) is 0 Å². The summed E-state index contributed by atoms with van der Waals surface area (Å²) in [6.45, 7) is 2.69. The lowest BCUT2D eigenvalue weighted by atomic mass is 10.4. The second-order valence-corrected chi connectivity index (χ2v) is 3.92. The van der Waals surface area contributed by atoms with Gasteiger partial charge in [0.2, 0.25) is 5.95 Å². The van der Waals surface area contributed by atoms with Gasteiger partial charge in [0.25, 0.3) is 0 Å². The molecule has 0 aliphatic heterocycles. The molecule has 0 saturated heterocycles. The minimum Gasteiger partial charge on any atom is -0.380 e. The standard InChI is InChI=1S/C9H15BrN4O/c1-6(15-3)4-12-8-7(10)5-13-9(11-2)14-8/h5-6H,4H2,1-3H3,(H2,11,12,13,14). The Morgan fingerprint density at radius 2 is 2.33 bits per heavy atom. The third-order valence-corrected chi connectivity index (χ3v) is 2.51. The highest BCUT2D eigenvalue weighted by Gasteiger charge is 2.05. The van der Waals surface area contributed by atoms with Crippen molar-refractivity contribution in [1.82, 2.24) is 9.97 Å². The molecular formula is C9H15BrN4O. The monoisotopic (exact) mass is 274 g/mol. The molecule has 5 nitrogen and oxygen atoms in total. The van der Waals surface area contributed by atoms with Gasteiger partial charge in [-0.2, -0.15) is 4.98 Å². The van der Waals surface area contributed by atoms with Crippen molar-refractivity contribution in [3.8, 4) is 0 Å². The van der Waals surface area contributed by atoms with Gasteiger partial charge in [-0.1, -0.05) is 0 Å². The maximum Gasteiger partial charge on any atom is 0.224 e. The molecule has 1 rings (SSSR count). The first kappa shape index (κ1) is 12.2. The van der Waals surface area contributed by atoms with Crippen molar-refractivity contribution in [1.29, 1.82) is 0 Å². The number of hydrogen-bond acceptors (Lipinski definition) is 5. The zero-order valence-electron chi connectivity index (χ0n) is 9.04. The highest BCUT2D eigenvalue weighted by Crippen LogP contribution is 2.19. The molecule has 0 radical (unpaired) electrons. The maximum atomic E-state index is 5.13. The van der Waals surface area contributed by atoms with Crippen molar-refractivity contribution in [2.24, 2.45) is 0 Å². The number of halogens is 1. The zero-order chi connectivity index (χ0) is 11.3. The number of ether oxygens (including phenoxy) is 1. The largest absolute Gasteiger partial charge is 0.380 e. The van der Waals surface area contributed by atoms with Gasteiger partial charge >= 0.3 is 0 Å². The van der Waals surface area contributed by atoms with Gasteiger partial charge in [-0.25, -0.2) is 4.98 Å². The zero-order valence-corrected chi connectivity index (χ0v) is 10.6. The van der Waals surface area contributed by atoms with E-state index < -0.39 is 0 Å². The molecular weight excluding hydrogens is 260 g/mol. The molecule has 0 fully saturated rings. The van der Waals surface area contributed by atoms with Crippen LogP contribution in [0.15, 0.2) is 10.7 Å². The smallest absolute Gasteiger partial charge is 0.224 e. The van der Waals surface area contributed by atoms with Gasteiger partial charge in [-0.3, -0.25) is 0 Å². The molecule has 1 aromatic rings. The summed E-state index contributed by atoms with van der Waals surface area (Å²) in [6, 6.07) is 0. The minimum absolute atomic E-state index is 0.143. The Bertz CT molecular complexity index is 321. The van der Waals surface area contributed by atoms with Gasteiger partial charge in [0.05, 0.1) is 10.6 Å². The number of nitrogens with zero attached hydrogens (tertiary/aromatic N) is 2. The number of anilines is 2. The highest BCUT2D eigenvalue weighted by molar-refractivity contribution is 9.10. The van der Waals surface area contributed by atoms with Gasteiger partial charge in [-0.05, 0) is 22.9 Å². The fraction of sp³-hybridized carbons (Fsp3) is 0.556. The summed E-state index contributed by atoms with van der Waals surface area (Å²) in [5.74, 6) is 1.35. The Labute approximate surface area is 97.8 Å². The van der Waals surface area contributed by atoms with Crippen molar-refractivity contribution in [2.75, 3.05) is 31.3 Å². The first-order valence-electron chi connectivity index (χ1n) is 4.64. The predicted molar refractivity (Wildman–Crippen MR) is 64.2 cm³/mol. The van der Waals surface area contributed by atoms with Crippen LogP contribution >= 0.6 is 15.9 Å². The van der Waals surface area contributed by atoms with Crippen LogP contribution in [0.2, 0.25) is 0 Å². The summed E-state index contributed by atoms with van der Waals surface area (Å²) in [7, 11) is 3.46. The Morgan fingerprint density at radius 1 is 1.60 bits per heavy atom. The lowest BCUT2D eigenvalue weighted by Crippen LogP contribution is -2.19. The van der Waals surface area contributed by atoms with Crippen LogP contribution in [0, 0.1) is 0 Å². The van der Waals surface area contributed by atoms with Crippen molar-refractivity contribution >= 4 is 27.7 Å². The van der Waals surface area contributed by atoms with E-state index in [4.69, 9.17) is 4.74 Å². The molecule has 0 spiro atoms. The second kappa shape index (κ2) is 5.87. The third kappa shape index (κ3) is 3.64. The lowest BCUT2D eigenvalue weighted by Gasteiger charge is -2.12. The van der Waals surface area contributed by atoms with Crippen LogP contribution in [-0.4, -0.2) is 36.8 Å². The normalized spacial score (nSPS) is 12.3. The van der Waals surface area contributed by atoms with Crippen molar-refractivity contribution in [3.05, 3.63) is 10.7 Å². The Hall–Kier alpha value is -0.880. The van der Waals surface area contributed by atoms with Gasteiger partial charge in [0.15, 0.2) is 0 Å². The molecule has 0 aliphatic rings. The molecule has 0 amide bonds. The number of methoxy groups -OCH3 is 1. The van der Waals surface area contributed by atoms with Crippen molar-refractivity contribution < 1.29 is 4.74 Å². The predicted octanol–water partition coefficient (Wildman–Crippen LogP) is 1.73. The van der Waals surface area contributed by atoms with Crippen LogP contribution in [0.3, 0.4) is 0 Å². The molecule has 84 valence electrons. The van der Waals surface area contributed by atoms with E-state index in [0.717, 1.165) is 10.3 Å². The molecule has 0 saturated carbocycles. The first-order valence-corrected chi connectivity index (χ1v) is 5.43. The molecule has 1 aromatic heterocycles. The second-order valence-electron chi connectivity index (χ2n) is 3.07. The third-order valence-electron chi connectivity index (χ3n) is 1.93. The Morgan fingerprint density at radius 3 is 2.93 bits per heavy atom. The number of rotatable bonds is 5. The molecule has 2 N–H and O–H groups in total. The van der Waals surface area contributed by atoms with E-state index in [1.807, 2.05) is 6.92 Å². The molecule has 15 heavy (non-hydrogen) atoms. The van der Waals surface area contributed by atoms with E-state index in [-0.39, 0.29) is 6.10 Å². The Kier molecular flexibility index (Phi) is 4.77.